The van der Waals surface area contributed by atoms with Gasteiger partial charge in [0.15, 0.2) is 11.6 Å². The molecule has 0 radical (unpaired) electrons. The number of aromatic carboxylic acids is 1. The number of carboxylic acid groups (broad SMARTS) is 1. The maximum Gasteiger partial charge on any atom is 0.339 e. The lowest BCUT2D eigenvalue weighted by molar-refractivity contribution is 0.0699. The van der Waals surface area contributed by atoms with Crippen LogP contribution in [0.15, 0.2) is 24.7 Å². The second-order valence-electron chi connectivity index (χ2n) is 6.01. The number of H-pyrrole nitrogens is 1. The summed E-state index contributed by atoms with van der Waals surface area (Å²) < 4.78 is 19.7. The van der Waals surface area contributed by atoms with Crippen molar-refractivity contribution in [2.75, 3.05) is 6.61 Å². The minimum absolute atomic E-state index is 0.00153. The van der Waals surface area contributed by atoms with Crippen molar-refractivity contribution in [3.63, 3.8) is 0 Å². The van der Waals surface area contributed by atoms with E-state index in [2.05, 4.69) is 15.0 Å². The van der Waals surface area contributed by atoms with Crippen LogP contribution in [0.25, 0.3) is 22.3 Å². The lowest BCUT2D eigenvalue weighted by atomic mass is 10.1. The minimum atomic E-state index is -1.13. The smallest absolute Gasteiger partial charge is 0.339 e. The molecule has 3 N–H and O–H groups in total. The second kappa shape index (κ2) is 5.73. The van der Waals surface area contributed by atoms with Gasteiger partial charge in [0, 0.05) is 17.8 Å². The Balaban J connectivity index is 1.87. The molecule has 128 valence electrons. The fourth-order valence-electron chi connectivity index (χ4n) is 2.65. The van der Waals surface area contributed by atoms with Crippen LogP contribution >= 0.6 is 0 Å². The van der Waals surface area contributed by atoms with E-state index in [4.69, 9.17) is 4.74 Å². The number of hydrogen-bond acceptors (Lipinski definition) is 5. The van der Waals surface area contributed by atoms with E-state index in [-0.39, 0.29) is 16.8 Å². The number of fused-ring (bicyclic) bond motifs is 1. The lowest BCUT2D eigenvalue weighted by Gasteiger charge is -2.12. The number of halogens is 1. The fourth-order valence-corrected chi connectivity index (χ4v) is 2.65. The van der Waals surface area contributed by atoms with Gasteiger partial charge in [-0.3, -0.25) is 0 Å². The molecule has 0 amide bonds. The molecule has 0 unspecified atom stereocenters. The van der Waals surface area contributed by atoms with Crippen molar-refractivity contribution in [1.82, 2.24) is 15.0 Å². The SMILES string of the molecule is O=C(O)c1c[nH]c2c(-c3cc(F)c(O)cc3OCC3CC3)ncnc12. The van der Waals surface area contributed by atoms with Crippen LogP contribution in [0.5, 0.6) is 11.5 Å². The Morgan fingerprint density at radius 1 is 1.36 bits per heavy atom. The van der Waals surface area contributed by atoms with E-state index in [1.54, 1.807) is 0 Å². The van der Waals surface area contributed by atoms with Gasteiger partial charge in [-0.25, -0.2) is 19.2 Å². The number of nitrogens with one attached hydrogen (secondary N) is 1. The van der Waals surface area contributed by atoms with Gasteiger partial charge in [-0.15, -0.1) is 0 Å². The number of nitrogens with zero attached hydrogens (tertiary/aromatic N) is 2. The average Bonchev–Trinajstić information content (AvgIpc) is 3.31. The number of hydrogen-bond donors (Lipinski definition) is 3. The first kappa shape index (κ1) is 15.4. The molecule has 7 nitrogen and oxygen atoms in total. The maximum absolute atomic E-state index is 13.9. The Hall–Kier alpha value is -3.16. The summed E-state index contributed by atoms with van der Waals surface area (Å²) in [5.74, 6) is -1.70. The van der Waals surface area contributed by atoms with Crippen LogP contribution in [0, 0.1) is 11.7 Å². The summed E-state index contributed by atoms with van der Waals surface area (Å²) in [5.41, 5.74) is 1.21. The van der Waals surface area contributed by atoms with Crippen molar-refractivity contribution in [1.29, 1.82) is 0 Å². The first-order valence-corrected chi connectivity index (χ1v) is 7.75. The summed E-state index contributed by atoms with van der Waals surface area (Å²) in [7, 11) is 0. The van der Waals surface area contributed by atoms with E-state index >= 15 is 0 Å². The molecule has 1 fully saturated rings. The van der Waals surface area contributed by atoms with Crippen molar-refractivity contribution in [2.24, 2.45) is 5.92 Å². The zero-order valence-electron chi connectivity index (χ0n) is 13.0. The van der Waals surface area contributed by atoms with Crippen molar-refractivity contribution in [3.05, 3.63) is 36.0 Å². The lowest BCUT2D eigenvalue weighted by Crippen LogP contribution is -2.02. The van der Waals surface area contributed by atoms with E-state index in [0.717, 1.165) is 18.9 Å². The highest BCUT2D eigenvalue weighted by Crippen LogP contribution is 2.38. The van der Waals surface area contributed by atoms with Crippen LogP contribution in [0.1, 0.15) is 23.2 Å². The topological polar surface area (TPSA) is 108 Å². The number of aromatic nitrogens is 3. The summed E-state index contributed by atoms with van der Waals surface area (Å²) >= 11 is 0. The third-order valence-corrected chi connectivity index (χ3v) is 4.17. The number of rotatable bonds is 5. The summed E-state index contributed by atoms with van der Waals surface area (Å²) in [6.07, 6.45) is 4.69. The average molecular weight is 343 g/mol. The van der Waals surface area contributed by atoms with Crippen molar-refractivity contribution < 1.29 is 24.1 Å². The molecule has 8 heteroatoms. The minimum Gasteiger partial charge on any atom is -0.505 e. The second-order valence-corrected chi connectivity index (χ2v) is 6.01. The van der Waals surface area contributed by atoms with Crippen molar-refractivity contribution in [2.45, 2.75) is 12.8 Å². The van der Waals surface area contributed by atoms with Gasteiger partial charge in [0.2, 0.25) is 0 Å². The highest BCUT2D eigenvalue weighted by atomic mass is 19.1. The van der Waals surface area contributed by atoms with Crippen molar-refractivity contribution >= 4 is 17.0 Å². The van der Waals surface area contributed by atoms with Crippen molar-refractivity contribution in [3.8, 4) is 22.8 Å². The molecule has 0 bridgehead atoms. The number of ether oxygens (including phenoxy) is 1. The summed E-state index contributed by atoms with van der Waals surface area (Å²) in [5, 5.41) is 18.9. The number of phenols is 1. The van der Waals surface area contributed by atoms with E-state index in [9.17, 15) is 19.4 Å². The number of phenolic OH excluding ortho intramolecular Hbond substituents is 1. The molecule has 1 aromatic carbocycles. The molecular weight excluding hydrogens is 329 g/mol. The highest BCUT2D eigenvalue weighted by molar-refractivity contribution is 6.04. The number of aromatic amines is 1. The molecule has 2 aromatic heterocycles. The highest BCUT2D eigenvalue weighted by Gasteiger charge is 2.24. The van der Waals surface area contributed by atoms with E-state index < -0.39 is 17.5 Å². The van der Waals surface area contributed by atoms with Crippen LogP contribution in [0.4, 0.5) is 4.39 Å². The van der Waals surface area contributed by atoms with Crippen LogP contribution in [-0.4, -0.2) is 37.7 Å². The molecular formula is C17H14FN3O4. The number of benzene rings is 1. The van der Waals surface area contributed by atoms with Crippen LogP contribution in [-0.2, 0) is 0 Å². The number of carboxylic acids is 1. The zero-order chi connectivity index (χ0) is 17.6. The largest absolute Gasteiger partial charge is 0.505 e. The van der Waals surface area contributed by atoms with Gasteiger partial charge < -0.3 is 19.9 Å². The normalized spacial score (nSPS) is 14.0. The third-order valence-electron chi connectivity index (χ3n) is 4.17. The molecule has 1 aliphatic carbocycles. The summed E-state index contributed by atoms with van der Waals surface area (Å²) in [6.45, 7) is 0.470. The van der Waals surface area contributed by atoms with Crippen LogP contribution in [0.3, 0.4) is 0 Å². The Kier molecular flexibility index (Phi) is 3.52. The Morgan fingerprint density at radius 3 is 2.88 bits per heavy atom. The first-order valence-electron chi connectivity index (χ1n) is 7.75. The van der Waals surface area contributed by atoms with Crippen LogP contribution in [0.2, 0.25) is 0 Å². The van der Waals surface area contributed by atoms with Gasteiger partial charge in [-0.05, 0) is 24.8 Å². The van der Waals surface area contributed by atoms with Gasteiger partial charge in [0.25, 0.3) is 0 Å². The summed E-state index contributed by atoms with van der Waals surface area (Å²) in [4.78, 5) is 22.3. The van der Waals surface area contributed by atoms with Gasteiger partial charge in [-0.2, -0.15) is 0 Å². The molecule has 0 saturated heterocycles. The molecule has 0 atom stereocenters. The van der Waals surface area contributed by atoms with E-state index in [1.807, 2.05) is 0 Å². The van der Waals surface area contributed by atoms with E-state index in [1.165, 1.54) is 18.6 Å². The predicted molar refractivity (Wildman–Crippen MR) is 86.1 cm³/mol. The Morgan fingerprint density at radius 2 is 2.16 bits per heavy atom. The molecule has 3 aromatic rings. The van der Waals surface area contributed by atoms with Gasteiger partial charge in [-0.1, -0.05) is 0 Å². The maximum atomic E-state index is 13.9. The number of aromatic hydroxyl groups is 1. The fraction of sp³-hybridized carbons (Fsp3) is 0.235. The first-order chi connectivity index (χ1) is 12.0. The molecule has 0 spiro atoms. The monoisotopic (exact) mass is 343 g/mol. The predicted octanol–water partition coefficient (Wildman–Crippen LogP) is 2.96. The third kappa shape index (κ3) is 2.75. The molecule has 25 heavy (non-hydrogen) atoms. The molecule has 0 aliphatic heterocycles. The molecule has 2 heterocycles. The van der Waals surface area contributed by atoms with Crippen LogP contribution < -0.4 is 4.74 Å². The molecule has 4 rings (SSSR count). The Bertz CT molecular complexity index is 981. The van der Waals surface area contributed by atoms with E-state index in [0.29, 0.717) is 29.3 Å². The summed E-state index contributed by atoms with van der Waals surface area (Å²) in [6, 6.07) is 2.34. The zero-order valence-corrected chi connectivity index (χ0v) is 13.0. The molecule has 1 saturated carbocycles. The quantitative estimate of drug-likeness (QED) is 0.657. The molecule has 1 aliphatic rings. The standard InChI is InChI=1S/C17H14FN3O4/c18-11-3-9(13(4-12(11)22)25-6-8-1-2-8)14-16-15(21-7-20-14)10(5-19-16)17(23)24/h3-5,7-8,19,22H,1-2,6H2,(H,23,24). The van der Waals surface area contributed by atoms with Gasteiger partial charge in [0.1, 0.15) is 28.9 Å². The Labute approximate surface area is 141 Å². The van der Waals surface area contributed by atoms with Gasteiger partial charge >= 0.3 is 5.97 Å². The van der Waals surface area contributed by atoms with Gasteiger partial charge in [0.05, 0.1) is 12.1 Å². The number of carbonyl (C=O) groups is 1.